The van der Waals surface area contributed by atoms with Crippen molar-refractivity contribution >= 4 is 6.21 Å². The molecule has 0 radical (unpaired) electrons. The number of nitrogens with zero attached hydrogens (tertiary/aromatic N) is 1. The smallest absolute Gasteiger partial charge is 0.0403 e. The molecule has 0 spiro atoms. The van der Waals surface area contributed by atoms with E-state index in [2.05, 4.69) is 30.2 Å². The zero-order chi connectivity index (χ0) is 8.16. The maximum Gasteiger partial charge on any atom is 0.0403 e. The van der Waals surface area contributed by atoms with E-state index in [1.165, 1.54) is 6.42 Å². The van der Waals surface area contributed by atoms with Crippen molar-refractivity contribution in [3.8, 4) is 0 Å². The van der Waals surface area contributed by atoms with E-state index in [4.69, 9.17) is 0 Å². The molecule has 2 nitrogen and oxygen atoms in total. The fraction of sp³-hybridized carbons (Fsp3) is 0.667. The molecule has 1 aliphatic heterocycles. The Labute approximate surface area is 68.4 Å². The van der Waals surface area contributed by atoms with Gasteiger partial charge in [-0.25, -0.2) is 0 Å². The minimum absolute atomic E-state index is 0.151. The van der Waals surface area contributed by atoms with Gasteiger partial charge in [0.2, 0.25) is 0 Å². The van der Waals surface area contributed by atoms with Crippen LogP contribution in [0.5, 0.6) is 0 Å². The van der Waals surface area contributed by atoms with E-state index in [-0.39, 0.29) is 5.54 Å². The Kier molecular flexibility index (Phi) is 2.83. The van der Waals surface area contributed by atoms with E-state index < -0.39 is 0 Å². The first kappa shape index (κ1) is 8.47. The third-order valence-corrected chi connectivity index (χ3v) is 1.93. The van der Waals surface area contributed by atoms with Gasteiger partial charge < -0.3 is 5.32 Å². The van der Waals surface area contributed by atoms with Crippen molar-refractivity contribution in [1.29, 1.82) is 0 Å². The number of hydrogen-bond acceptors (Lipinski definition) is 2. The van der Waals surface area contributed by atoms with Crippen molar-refractivity contribution in [3.63, 3.8) is 0 Å². The zero-order valence-corrected chi connectivity index (χ0v) is 7.30. The van der Waals surface area contributed by atoms with Crippen molar-refractivity contribution < 1.29 is 0 Å². The Balaban J connectivity index is 2.40. The van der Waals surface area contributed by atoms with E-state index in [1.807, 2.05) is 12.4 Å². The third kappa shape index (κ3) is 2.46. The standard InChI is InChI=1S/C9H16N2/c1-3-6-11-9(2)4-7-10-8-5-9/h4,7-8,11H,3,5-6H2,1-2H3. The van der Waals surface area contributed by atoms with Crippen molar-refractivity contribution in [2.75, 3.05) is 6.54 Å². The lowest BCUT2D eigenvalue weighted by molar-refractivity contribution is 0.450. The second kappa shape index (κ2) is 3.67. The normalized spacial score (nSPS) is 29.3. The first-order valence-electron chi connectivity index (χ1n) is 4.21. The van der Waals surface area contributed by atoms with Crippen molar-refractivity contribution in [1.82, 2.24) is 5.32 Å². The molecule has 0 fully saturated rings. The van der Waals surface area contributed by atoms with Gasteiger partial charge in [0.05, 0.1) is 0 Å². The Morgan fingerprint density at radius 2 is 2.45 bits per heavy atom. The van der Waals surface area contributed by atoms with Crippen LogP contribution in [0.2, 0.25) is 0 Å². The summed E-state index contributed by atoms with van der Waals surface area (Å²) in [5.41, 5.74) is 0.151. The van der Waals surface area contributed by atoms with Crippen molar-refractivity contribution in [2.24, 2.45) is 4.99 Å². The van der Waals surface area contributed by atoms with Crippen LogP contribution in [-0.4, -0.2) is 18.3 Å². The van der Waals surface area contributed by atoms with Crippen LogP contribution in [0.3, 0.4) is 0 Å². The number of nitrogens with one attached hydrogen (secondary N) is 1. The average molecular weight is 152 g/mol. The van der Waals surface area contributed by atoms with Crippen LogP contribution in [0, 0.1) is 0 Å². The summed E-state index contributed by atoms with van der Waals surface area (Å²) in [5, 5.41) is 3.47. The van der Waals surface area contributed by atoms with Crippen LogP contribution in [0.25, 0.3) is 0 Å². The minimum Gasteiger partial charge on any atom is -0.308 e. The molecule has 1 rings (SSSR count). The highest BCUT2D eigenvalue weighted by Crippen LogP contribution is 2.13. The monoisotopic (exact) mass is 152 g/mol. The van der Waals surface area contributed by atoms with Crippen LogP contribution < -0.4 is 5.32 Å². The molecule has 0 saturated heterocycles. The molecule has 0 aromatic carbocycles. The summed E-state index contributed by atoms with van der Waals surface area (Å²) in [6, 6.07) is 0. The van der Waals surface area contributed by atoms with E-state index in [9.17, 15) is 0 Å². The summed E-state index contributed by atoms with van der Waals surface area (Å²) in [6.45, 7) is 5.45. The summed E-state index contributed by atoms with van der Waals surface area (Å²) in [5.74, 6) is 0. The predicted octanol–water partition coefficient (Wildman–Crippen LogP) is 1.73. The molecule has 1 atom stereocenters. The molecule has 0 aromatic rings. The summed E-state index contributed by atoms with van der Waals surface area (Å²) >= 11 is 0. The van der Waals surface area contributed by atoms with E-state index >= 15 is 0 Å². The molecule has 1 aliphatic rings. The molecule has 0 saturated carbocycles. The largest absolute Gasteiger partial charge is 0.308 e. The topological polar surface area (TPSA) is 24.4 Å². The molecular weight excluding hydrogens is 136 g/mol. The number of aliphatic imine (C=N–C) groups is 1. The molecule has 0 aliphatic carbocycles. The quantitative estimate of drug-likeness (QED) is 0.654. The van der Waals surface area contributed by atoms with Gasteiger partial charge in [0.1, 0.15) is 0 Å². The Bertz CT molecular complexity index is 172. The lowest BCUT2D eigenvalue weighted by atomic mass is 9.97. The summed E-state index contributed by atoms with van der Waals surface area (Å²) < 4.78 is 0. The van der Waals surface area contributed by atoms with Gasteiger partial charge >= 0.3 is 0 Å². The molecule has 62 valence electrons. The van der Waals surface area contributed by atoms with Crippen molar-refractivity contribution in [2.45, 2.75) is 32.2 Å². The van der Waals surface area contributed by atoms with E-state index in [0.29, 0.717) is 0 Å². The fourth-order valence-corrected chi connectivity index (χ4v) is 1.12. The number of hydrogen-bond donors (Lipinski definition) is 1. The molecular formula is C9H16N2. The van der Waals surface area contributed by atoms with Gasteiger partial charge in [0, 0.05) is 24.4 Å². The summed E-state index contributed by atoms with van der Waals surface area (Å²) in [4.78, 5) is 4.04. The average Bonchev–Trinajstić information content (AvgIpc) is 2.03. The molecule has 0 amide bonds. The van der Waals surface area contributed by atoms with Gasteiger partial charge in [-0.15, -0.1) is 0 Å². The minimum atomic E-state index is 0.151. The van der Waals surface area contributed by atoms with E-state index in [0.717, 1.165) is 13.0 Å². The second-order valence-electron chi connectivity index (χ2n) is 3.20. The lowest BCUT2D eigenvalue weighted by Crippen LogP contribution is -2.41. The van der Waals surface area contributed by atoms with Crippen LogP contribution in [0.1, 0.15) is 26.7 Å². The Hall–Kier alpha value is -0.630. The van der Waals surface area contributed by atoms with Crippen LogP contribution >= 0.6 is 0 Å². The van der Waals surface area contributed by atoms with Crippen LogP contribution in [0.15, 0.2) is 17.3 Å². The maximum atomic E-state index is 4.04. The van der Waals surface area contributed by atoms with Gasteiger partial charge in [0.15, 0.2) is 0 Å². The maximum absolute atomic E-state index is 4.04. The molecule has 0 bridgehead atoms. The second-order valence-corrected chi connectivity index (χ2v) is 3.20. The molecule has 1 heterocycles. The highest BCUT2D eigenvalue weighted by atomic mass is 15.0. The fourth-order valence-electron chi connectivity index (χ4n) is 1.12. The molecule has 2 heteroatoms. The number of rotatable bonds is 3. The lowest BCUT2D eigenvalue weighted by Gasteiger charge is -2.27. The SMILES string of the molecule is CCCNC1(C)C=CN=CC1. The summed E-state index contributed by atoms with van der Waals surface area (Å²) in [6.07, 6.45) is 8.14. The predicted molar refractivity (Wildman–Crippen MR) is 48.9 cm³/mol. The van der Waals surface area contributed by atoms with Crippen LogP contribution in [0.4, 0.5) is 0 Å². The zero-order valence-electron chi connectivity index (χ0n) is 7.30. The summed E-state index contributed by atoms with van der Waals surface area (Å²) in [7, 11) is 0. The molecule has 1 unspecified atom stereocenters. The van der Waals surface area contributed by atoms with Crippen molar-refractivity contribution in [3.05, 3.63) is 12.3 Å². The Morgan fingerprint density at radius 1 is 1.64 bits per heavy atom. The van der Waals surface area contributed by atoms with E-state index in [1.54, 1.807) is 0 Å². The molecule has 11 heavy (non-hydrogen) atoms. The first-order chi connectivity index (χ1) is 5.27. The molecule has 0 aromatic heterocycles. The van der Waals surface area contributed by atoms with Gasteiger partial charge in [-0.3, -0.25) is 4.99 Å². The molecule has 1 N–H and O–H groups in total. The van der Waals surface area contributed by atoms with Gasteiger partial charge in [0.25, 0.3) is 0 Å². The highest BCUT2D eigenvalue weighted by Gasteiger charge is 2.19. The van der Waals surface area contributed by atoms with Gasteiger partial charge in [-0.05, 0) is 26.0 Å². The van der Waals surface area contributed by atoms with Gasteiger partial charge in [-0.1, -0.05) is 6.92 Å². The highest BCUT2D eigenvalue weighted by molar-refractivity contribution is 5.62. The first-order valence-corrected chi connectivity index (χ1v) is 4.21. The van der Waals surface area contributed by atoms with Crippen LogP contribution in [-0.2, 0) is 0 Å². The van der Waals surface area contributed by atoms with Gasteiger partial charge in [-0.2, -0.15) is 0 Å². The third-order valence-electron chi connectivity index (χ3n) is 1.93. The Morgan fingerprint density at radius 3 is 3.00 bits per heavy atom.